The minimum atomic E-state index is -0.0596. The van der Waals surface area contributed by atoms with Crippen LogP contribution in [0.2, 0.25) is 5.02 Å². The van der Waals surface area contributed by atoms with Gasteiger partial charge < -0.3 is 9.52 Å². The molecule has 0 saturated carbocycles. The molecule has 0 spiro atoms. The van der Waals surface area contributed by atoms with Crippen LogP contribution in [-0.2, 0) is 0 Å². The maximum atomic E-state index is 11.1. The first-order valence-electron chi connectivity index (χ1n) is 9.72. The van der Waals surface area contributed by atoms with Gasteiger partial charge in [0.1, 0.15) is 0 Å². The van der Waals surface area contributed by atoms with Crippen molar-refractivity contribution in [1.29, 1.82) is 0 Å². The summed E-state index contributed by atoms with van der Waals surface area (Å²) in [7, 11) is 0. The number of benzene rings is 1. The lowest BCUT2D eigenvalue weighted by Crippen LogP contribution is -2.37. The van der Waals surface area contributed by atoms with E-state index in [1.807, 2.05) is 30.3 Å². The summed E-state index contributed by atoms with van der Waals surface area (Å²) >= 11 is 7.59. The molecule has 6 nitrogen and oxygen atoms in total. The van der Waals surface area contributed by atoms with Crippen LogP contribution in [0.5, 0.6) is 5.88 Å². The molecule has 29 heavy (non-hydrogen) atoms. The number of hydrogen-bond donors (Lipinski definition) is 1. The van der Waals surface area contributed by atoms with Gasteiger partial charge in [-0.25, -0.2) is 0 Å². The Balaban J connectivity index is 1.59. The Morgan fingerprint density at radius 3 is 2.79 bits per heavy atom. The number of fused-ring (bicyclic) bond motifs is 1. The molecule has 0 bridgehead atoms. The summed E-state index contributed by atoms with van der Waals surface area (Å²) in [6.07, 6.45) is 3.97. The van der Waals surface area contributed by atoms with Gasteiger partial charge in [0.25, 0.3) is 0 Å². The number of likely N-dealkylation sites (tertiary alicyclic amines) is 1. The Labute approximate surface area is 177 Å². The molecule has 5 rings (SSSR count). The van der Waals surface area contributed by atoms with Crippen LogP contribution in [-0.4, -0.2) is 37.7 Å². The zero-order valence-electron chi connectivity index (χ0n) is 16.0. The van der Waals surface area contributed by atoms with Crippen molar-refractivity contribution in [1.82, 2.24) is 19.5 Å². The molecule has 1 fully saturated rings. The van der Waals surface area contributed by atoms with E-state index in [-0.39, 0.29) is 11.9 Å². The van der Waals surface area contributed by atoms with Crippen molar-refractivity contribution in [2.45, 2.75) is 25.8 Å². The summed E-state index contributed by atoms with van der Waals surface area (Å²) in [6, 6.07) is 11.4. The van der Waals surface area contributed by atoms with E-state index >= 15 is 0 Å². The third-order valence-corrected chi connectivity index (χ3v) is 6.75. The molecule has 0 radical (unpaired) electrons. The van der Waals surface area contributed by atoms with Gasteiger partial charge in [0.05, 0.1) is 17.2 Å². The number of aromatic hydroxyl groups is 1. The number of rotatable bonds is 4. The summed E-state index contributed by atoms with van der Waals surface area (Å²) in [6.45, 7) is 4.25. The molecule has 150 valence electrons. The average Bonchev–Trinajstić information content (AvgIpc) is 3.43. The van der Waals surface area contributed by atoms with E-state index in [4.69, 9.17) is 16.0 Å². The van der Waals surface area contributed by atoms with Gasteiger partial charge in [-0.3, -0.25) is 4.90 Å². The first-order chi connectivity index (χ1) is 14.1. The zero-order valence-corrected chi connectivity index (χ0v) is 17.5. The lowest BCUT2D eigenvalue weighted by molar-refractivity contribution is 0.149. The zero-order chi connectivity index (χ0) is 20.0. The molecule has 1 aromatic carbocycles. The predicted molar refractivity (Wildman–Crippen MR) is 113 cm³/mol. The normalized spacial score (nSPS) is 19.0. The number of furan rings is 1. The van der Waals surface area contributed by atoms with Crippen molar-refractivity contribution >= 4 is 27.9 Å². The Morgan fingerprint density at radius 1 is 1.28 bits per heavy atom. The maximum Gasteiger partial charge on any atom is 0.230 e. The highest BCUT2D eigenvalue weighted by molar-refractivity contribution is 7.17. The van der Waals surface area contributed by atoms with Gasteiger partial charge in [-0.2, -0.15) is 9.50 Å². The Kier molecular flexibility index (Phi) is 4.81. The number of thiazole rings is 1. The standard InChI is InChI=1S/C21H21ClN4O2S/c1-13-4-2-10-25(12-13)17(14-6-8-15(22)9-7-14)18-20(27)26-21(29-18)23-19(24-26)16-5-3-11-28-16/h3,5-9,11,13,17,27H,2,4,10,12H2,1H3/t13-,17+/m1/s1. The van der Waals surface area contributed by atoms with Gasteiger partial charge >= 0.3 is 0 Å². The summed E-state index contributed by atoms with van der Waals surface area (Å²) < 4.78 is 6.90. The maximum absolute atomic E-state index is 11.1. The number of aromatic nitrogens is 3. The topological polar surface area (TPSA) is 66.8 Å². The van der Waals surface area contributed by atoms with E-state index in [0.717, 1.165) is 30.0 Å². The van der Waals surface area contributed by atoms with Crippen LogP contribution in [0, 0.1) is 5.92 Å². The van der Waals surface area contributed by atoms with E-state index in [0.29, 0.717) is 27.5 Å². The SMILES string of the molecule is C[C@@H]1CCCN([C@@H](c2ccc(Cl)cc2)c2sc3nc(-c4ccco4)nn3c2O)C1. The quantitative estimate of drug-likeness (QED) is 0.482. The molecule has 0 amide bonds. The van der Waals surface area contributed by atoms with Crippen molar-refractivity contribution in [2.24, 2.45) is 5.92 Å². The molecule has 4 aromatic rings. The fourth-order valence-corrected chi connectivity index (χ4v) is 5.31. The van der Waals surface area contributed by atoms with Crippen molar-refractivity contribution in [3.63, 3.8) is 0 Å². The average molecular weight is 429 g/mol. The van der Waals surface area contributed by atoms with Gasteiger partial charge in [0, 0.05) is 11.6 Å². The molecule has 0 aliphatic carbocycles. The van der Waals surface area contributed by atoms with E-state index in [1.54, 1.807) is 12.3 Å². The van der Waals surface area contributed by atoms with E-state index in [9.17, 15) is 5.11 Å². The fourth-order valence-electron chi connectivity index (χ4n) is 4.07. The molecule has 3 aromatic heterocycles. The number of hydrogen-bond acceptors (Lipinski definition) is 6. The molecular weight excluding hydrogens is 408 g/mol. The highest BCUT2D eigenvalue weighted by Crippen LogP contribution is 2.42. The van der Waals surface area contributed by atoms with Gasteiger partial charge in [-0.1, -0.05) is 42.0 Å². The van der Waals surface area contributed by atoms with E-state index < -0.39 is 0 Å². The molecule has 1 aliphatic rings. The number of halogens is 1. The number of piperidine rings is 1. The van der Waals surface area contributed by atoms with Crippen molar-refractivity contribution in [2.75, 3.05) is 13.1 Å². The monoisotopic (exact) mass is 428 g/mol. The summed E-state index contributed by atoms with van der Waals surface area (Å²) in [5.41, 5.74) is 1.11. The van der Waals surface area contributed by atoms with Crippen molar-refractivity contribution in [3.8, 4) is 17.5 Å². The minimum absolute atomic E-state index is 0.0596. The highest BCUT2D eigenvalue weighted by atomic mass is 35.5. The predicted octanol–water partition coefficient (Wildman–Crippen LogP) is 5.23. The molecule has 1 saturated heterocycles. The van der Waals surface area contributed by atoms with E-state index in [1.165, 1.54) is 22.3 Å². The van der Waals surface area contributed by atoms with E-state index in [2.05, 4.69) is 21.9 Å². The van der Waals surface area contributed by atoms with Crippen LogP contribution < -0.4 is 0 Å². The van der Waals surface area contributed by atoms with Gasteiger partial charge in [0.2, 0.25) is 16.7 Å². The summed E-state index contributed by atoms with van der Waals surface area (Å²) in [5, 5.41) is 16.2. The first-order valence-corrected chi connectivity index (χ1v) is 10.9. The molecule has 2 atom stereocenters. The molecule has 4 heterocycles. The summed E-state index contributed by atoms with van der Waals surface area (Å²) in [5.74, 6) is 1.81. The third-order valence-electron chi connectivity index (χ3n) is 5.43. The van der Waals surface area contributed by atoms with Gasteiger partial charge in [-0.05, 0) is 55.1 Å². The smallest absolute Gasteiger partial charge is 0.230 e. The van der Waals surface area contributed by atoms with Crippen LogP contribution in [0.25, 0.3) is 16.5 Å². The second-order valence-electron chi connectivity index (χ2n) is 7.59. The minimum Gasteiger partial charge on any atom is -0.492 e. The Hall–Kier alpha value is -2.35. The van der Waals surface area contributed by atoms with Crippen molar-refractivity contribution < 1.29 is 9.52 Å². The fraction of sp³-hybridized carbons (Fsp3) is 0.333. The van der Waals surface area contributed by atoms with Gasteiger partial charge in [0.15, 0.2) is 5.76 Å². The third kappa shape index (κ3) is 3.43. The highest BCUT2D eigenvalue weighted by Gasteiger charge is 2.32. The second-order valence-corrected chi connectivity index (χ2v) is 9.04. The van der Waals surface area contributed by atoms with Gasteiger partial charge in [-0.15, -0.1) is 5.10 Å². The lowest BCUT2D eigenvalue weighted by atomic mass is 9.95. The Bertz CT molecular complexity index is 1120. The molecular formula is C21H21ClN4O2S. The lowest BCUT2D eigenvalue weighted by Gasteiger charge is -2.37. The van der Waals surface area contributed by atoms with Crippen LogP contribution in [0.1, 0.15) is 36.2 Å². The Morgan fingerprint density at radius 2 is 2.10 bits per heavy atom. The summed E-state index contributed by atoms with van der Waals surface area (Å²) in [4.78, 5) is 8.50. The first kappa shape index (κ1) is 18.7. The van der Waals surface area contributed by atoms with Crippen LogP contribution >= 0.6 is 22.9 Å². The molecule has 1 N–H and O–H groups in total. The van der Waals surface area contributed by atoms with Crippen molar-refractivity contribution in [3.05, 3.63) is 58.1 Å². The second kappa shape index (κ2) is 7.48. The van der Waals surface area contributed by atoms with Crippen LogP contribution in [0.4, 0.5) is 0 Å². The van der Waals surface area contributed by atoms with Crippen LogP contribution in [0.3, 0.4) is 0 Å². The number of nitrogens with zero attached hydrogens (tertiary/aromatic N) is 4. The van der Waals surface area contributed by atoms with Crippen LogP contribution in [0.15, 0.2) is 47.1 Å². The molecule has 1 aliphatic heterocycles. The molecule has 0 unspecified atom stereocenters. The molecule has 8 heteroatoms. The largest absolute Gasteiger partial charge is 0.492 e.